The molecule has 3 aliphatic carbocycles. The molecular formula is C29H52O2. The topological polar surface area (TPSA) is 40.5 Å². The van der Waals surface area contributed by atoms with Crippen molar-refractivity contribution in [3.63, 3.8) is 0 Å². The average Bonchev–Trinajstić information content (AvgIpc) is 2.78. The first kappa shape index (κ1) is 25.3. The van der Waals surface area contributed by atoms with E-state index in [0.29, 0.717) is 17.3 Å². The Balaban J connectivity index is 1.66. The minimum Gasteiger partial charge on any atom is -0.393 e. The Morgan fingerprint density at radius 2 is 1.61 bits per heavy atom. The highest BCUT2D eigenvalue weighted by molar-refractivity contribution is 5.13. The van der Waals surface area contributed by atoms with Gasteiger partial charge in [-0.15, -0.1) is 0 Å². The summed E-state index contributed by atoms with van der Waals surface area (Å²) in [6.07, 6.45) is 27.2. The van der Waals surface area contributed by atoms with Crippen LogP contribution in [0.5, 0.6) is 0 Å². The third-order valence-electron chi connectivity index (χ3n) is 9.30. The molecule has 31 heavy (non-hydrogen) atoms. The van der Waals surface area contributed by atoms with Gasteiger partial charge in [0, 0.05) is 5.92 Å². The highest BCUT2D eigenvalue weighted by Gasteiger charge is 2.58. The highest BCUT2D eigenvalue weighted by Crippen LogP contribution is 2.64. The molecule has 0 radical (unpaired) electrons. The highest BCUT2D eigenvalue weighted by atomic mass is 16.3. The molecule has 3 aliphatic rings. The number of rotatable bonds is 13. The molecule has 0 heterocycles. The molecule has 0 bridgehead atoms. The molecule has 3 fully saturated rings. The maximum Gasteiger partial charge on any atom is 0.0749 e. The molecule has 0 saturated heterocycles. The summed E-state index contributed by atoms with van der Waals surface area (Å²) in [5, 5.41) is 21.9. The van der Waals surface area contributed by atoms with Crippen molar-refractivity contribution < 1.29 is 10.2 Å². The zero-order valence-corrected chi connectivity index (χ0v) is 20.7. The Morgan fingerprint density at radius 1 is 0.903 bits per heavy atom. The normalized spacial score (nSPS) is 35.1. The van der Waals surface area contributed by atoms with Gasteiger partial charge in [0.05, 0.1) is 12.2 Å². The first-order chi connectivity index (χ1) is 15.1. The lowest BCUT2D eigenvalue weighted by Crippen LogP contribution is -2.57. The van der Waals surface area contributed by atoms with Crippen molar-refractivity contribution >= 4 is 0 Å². The molecule has 180 valence electrons. The maximum absolute atomic E-state index is 11.0. The Hall–Kier alpha value is -0.340. The van der Waals surface area contributed by atoms with Gasteiger partial charge >= 0.3 is 0 Å². The van der Waals surface area contributed by atoms with E-state index in [1.165, 1.54) is 109 Å². The monoisotopic (exact) mass is 432 g/mol. The van der Waals surface area contributed by atoms with Gasteiger partial charge in [-0.05, 0) is 61.7 Å². The summed E-state index contributed by atoms with van der Waals surface area (Å²) in [6.45, 7) is 4.59. The van der Waals surface area contributed by atoms with Gasteiger partial charge in [-0.3, -0.25) is 0 Å². The van der Waals surface area contributed by atoms with E-state index in [0.717, 1.165) is 12.3 Å². The van der Waals surface area contributed by atoms with E-state index in [-0.39, 0.29) is 18.1 Å². The summed E-state index contributed by atoms with van der Waals surface area (Å²) >= 11 is 0. The van der Waals surface area contributed by atoms with Gasteiger partial charge < -0.3 is 10.2 Å². The number of aliphatic hydroxyl groups is 2. The molecule has 2 nitrogen and oxygen atoms in total. The molecule has 1 unspecified atom stereocenters. The van der Waals surface area contributed by atoms with Crippen LogP contribution in [-0.4, -0.2) is 22.4 Å². The maximum atomic E-state index is 11.0. The third kappa shape index (κ3) is 6.59. The first-order valence-electron chi connectivity index (χ1n) is 14.2. The van der Waals surface area contributed by atoms with E-state index < -0.39 is 0 Å². The summed E-state index contributed by atoms with van der Waals surface area (Å²) < 4.78 is 0. The molecule has 0 aromatic heterocycles. The van der Waals surface area contributed by atoms with Gasteiger partial charge in [0.15, 0.2) is 0 Å². The number of aliphatic hydroxyl groups excluding tert-OH is 2. The van der Waals surface area contributed by atoms with Crippen LogP contribution in [0.25, 0.3) is 0 Å². The number of hydrogen-bond acceptors (Lipinski definition) is 2. The molecule has 0 spiro atoms. The van der Waals surface area contributed by atoms with Crippen LogP contribution >= 0.6 is 0 Å². The third-order valence-corrected chi connectivity index (χ3v) is 9.30. The standard InChI is InChI=1S/C29H52O2/c1-3-5-7-10-16-24-22-29(20-13-8-6-4-2)21-19-27(31)25(28(24)29)17-18-26(30)23-14-11-9-12-15-23/h17-18,23-28,30-31H,3-16,19-22H2,1-2H3/t24?,25-,26+,27+,28-,29-/m0/s1. The second-order valence-corrected chi connectivity index (χ2v) is 11.5. The summed E-state index contributed by atoms with van der Waals surface area (Å²) in [5.41, 5.74) is 0.479. The van der Waals surface area contributed by atoms with Crippen molar-refractivity contribution in [2.45, 2.75) is 142 Å². The minimum atomic E-state index is -0.309. The smallest absolute Gasteiger partial charge is 0.0749 e. The van der Waals surface area contributed by atoms with Gasteiger partial charge in [-0.2, -0.15) is 0 Å². The quantitative estimate of drug-likeness (QED) is 0.230. The lowest BCUT2D eigenvalue weighted by molar-refractivity contribution is -0.148. The molecule has 3 rings (SSSR count). The molecule has 0 aliphatic heterocycles. The van der Waals surface area contributed by atoms with Gasteiger partial charge in [0.2, 0.25) is 0 Å². The molecule has 6 atom stereocenters. The zero-order valence-electron chi connectivity index (χ0n) is 20.7. The van der Waals surface area contributed by atoms with Crippen molar-refractivity contribution in [2.75, 3.05) is 0 Å². The van der Waals surface area contributed by atoms with E-state index >= 15 is 0 Å². The fourth-order valence-corrected chi connectivity index (χ4v) is 7.52. The van der Waals surface area contributed by atoms with Crippen molar-refractivity contribution in [3.8, 4) is 0 Å². The lowest BCUT2D eigenvalue weighted by Gasteiger charge is -2.62. The van der Waals surface area contributed by atoms with Gasteiger partial charge in [0.25, 0.3) is 0 Å². The van der Waals surface area contributed by atoms with Gasteiger partial charge in [-0.25, -0.2) is 0 Å². The molecule has 2 N–H and O–H groups in total. The summed E-state index contributed by atoms with van der Waals surface area (Å²) in [5.74, 6) is 2.15. The molecule has 0 aromatic carbocycles. The molecule has 3 saturated carbocycles. The first-order valence-corrected chi connectivity index (χ1v) is 14.2. The minimum absolute atomic E-state index is 0.206. The van der Waals surface area contributed by atoms with Crippen molar-refractivity contribution in [1.29, 1.82) is 0 Å². The van der Waals surface area contributed by atoms with Crippen LogP contribution in [0.2, 0.25) is 0 Å². The van der Waals surface area contributed by atoms with E-state index in [2.05, 4.69) is 26.0 Å². The second-order valence-electron chi connectivity index (χ2n) is 11.5. The van der Waals surface area contributed by atoms with Gasteiger partial charge in [0.1, 0.15) is 0 Å². The average molecular weight is 433 g/mol. The lowest BCUT2D eigenvalue weighted by atomic mass is 9.43. The molecule has 2 heteroatoms. The van der Waals surface area contributed by atoms with E-state index in [1.807, 2.05) is 0 Å². The van der Waals surface area contributed by atoms with Crippen LogP contribution in [0.3, 0.4) is 0 Å². The fourth-order valence-electron chi connectivity index (χ4n) is 7.52. The molecular weight excluding hydrogens is 380 g/mol. The fraction of sp³-hybridized carbons (Fsp3) is 0.931. The van der Waals surface area contributed by atoms with Crippen LogP contribution in [0.4, 0.5) is 0 Å². The van der Waals surface area contributed by atoms with Crippen LogP contribution in [-0.2, 0) is 0 Å². The summed E-state index contributed by atoms with van der Waals surface area (Å²) in [6, 6.07) is 0. The predicted molar refractivity (Wildman–Crippen MR) is 132 cm³/mol. The van der Waals surface area contributed by atoms with Crippen molar-refractivity contribution in [3.05, 3.63) is 12.2 Å². The van der Waals surface area contributed by atoms with Crippen LogP contribution in [0.15, 0.2) is 12.2 Å². The van der Waals surface area contributed by atoms with Crippen LogP contribution in [0, 0.1) is 29.1 Å². The van der Waals surface area contributed by atoms with Crippen molar-refractivity contribution in [2.24, 2.45) is 29.1 Å². The SMILES string of the molecule is CCCCCCC1C[C@]2(CCCCCC)CC[C@@H](O)[C@H](C=C[C@@H](O)C3CCCCC3)[C@H]12. The van der Waals surface area contributed by atoms with Crippen molar-refractivity contribution in [1.82, 2.24) is 0 Å². The van der Waals surface area contributed by atoms with Crippen LogP contribution in [0.1, 0.15) is 129 Å². The second kappa shape index (κ2) is 12.8. The Labute approximate surface area is 193 Å². The Morgan fingerprint density at radius 3 is 2.32 bits per heavy atom. The van der Waals surface area contributed by atoms with Gasteiger partial charge in [-0.1, -0.05) is 103 Å². The number of hydrogen-bond donors (Lipinski definition) is 2. The number of fused-ring (bicyclic) bond motifs is 1. The predicted octanol–water partition coefficient (Wildman–Crippen LogP) is 7.82. The van der Waals surface area contributed by atoms with E-state index in [1.54, 1.807) is 0 Å². The van der Waals surface area contributed by atoms with E-state index in [4.69, 9.17) is 0 Å². The summed E-state index contributed by atoms with van der Waals surface area (Å²) in [7, 11) is 0. The molecule has 0 aromatic rings. The Bertz CT molecular complexity index is 523. The number of unbranched alkanes of at least 4 members (excludes halogenated alkanes) is 6. The largest absolute Gasteiger partial charge is 0.393 e. The molecule has 0 amide bonds. The van der Waals surface area contributed by atoms with E-state index in [9.17, 15) is 10.2 Å². The van der Waals surface area contributed by atoms with Crippen LogP contribution < -0.4 is 0 Å². The Kier molecular flexibility index (Phi) is 10.4. The zero-order chi connectivity index (χ0) is 22.1. The summed E-state index contributed by atoms with van der Waals surface area (Å²) in [4.78, 5) is 0.